The predicted molar refractivity (Wildman–Crippen MR) is 52.1 cm³/mol. The van der Waals surface area contributed by atoms with Gasteiger partial charge in [-0.1, -0.05) is 6.92 Å². The Morgan fingerprint density at radius 2 is 2.31 bits per heavy atom. The highest BCUT2D eigenvalue weighted by Gasteiger charge is 2.11. The molecule has 0 atom stereocenters. The highest BCUT2D eigenvalue weighted by molar-refractivity contribution is 5.87. The summed E-state index contributed by atoms with van der Waals surface area (Å²) in [6, 6.07) is 1.37. The number of rotatable bonds is 5. The number of carboxylic acid groups (broad SMARTS) is 1. The molecule has 1 N–H and O–H groups in total. The molecule has 0 fully saturated rings. The van der Waals surface area contributed by atoms with Gasteiger partial charge in [0.05, 0.1) is 5.56 Å². The van der Waals surface area contributed by atoms with Crippen molar-refractivity contribution in [1.82, 2.24) is 4.98 Å². The minimum Gasteiger partial charge on any atom is -0.478 e. The molecule has 0 bridgehead atoms. The molecule has 0 aromatic carbocycles. The predicted octanol–water partition coefficient (Wildman–Crippen LogP) is 1.99. The molecular weight excluding hydrogens is 220 g/mol. The van der Waals surface area contributed by atoms with Gasteiger partial charge in [-0.25, -0.2) is 18.6 Å². The van der Waals surface area contributed by atoms with Crippen LogP contribution in [0.2, 0.25) is 0 Å². The average Bonchev–Trinajstić information content (AvgIpc) is 2.25. The Labute approximate surface area is 90.9 Å². The summed E-state index contributed by atoms with van der Waals surface area (Å²) in [6.45, 7) is 1.02. The van der Waals surface area contributed by atoms with Gasteiger partial charge in [0.1, 0.15) is 0 Å². The quantitative estimate of drug-likeness (QED) is 0.841. The van der Waals surface area contributed by atoms with Crippen LogP contribution in [0.25, 0.3) is 0 Å². The zero-order valence-electron chi connectivity index (χ0n) is 8.61. The van der Waals surface area contributed by atoms with Crippen molar-refractivity contribution >= 4 is 5.97 Å². The Morgan fingerprint density at radius 3 is 2.81 bits per heavy atom. The van der Waals surface area contributed by atoms with Gasteiger partial charge in [0, 0.05) is 11.8 Å². The van der Waals surface area contributed by atoms with Crippen LogP contribution < -0.4 is 4.74 Å². The van der Waals surface area contributed by atoms with Crippen LogP contribution in [0.4, 0.5) is 8.78 Å². The van der Waals surface area contributed by atoms with Gasteiger partial charge in [0.15, 0.2) is 6.61 Å². The second-order valence-corrected chi connectivity index (χ2v) is 3.05. The smallest absolute Gasteiger partial charge is 0.337 e. The van der Waals surface area contributed by atoms with E-state index in [1.165, 1.54) is 6.07 Å². The van der Waals surface area contributed by atoms with Gasteiger partial charge in [-0.3, -0.25) is 0 Å². The second kappa shape index (κ2) is 5.39. The van der Waals surface area contributed by atoms with Crippen LogP contribution in [0, 0.1) is 0 Å². The maximum Gasteiger partial charge on any atom is 0.337 e. The Hall–Kier alpha value is -1.72. The lowest BCUT2D eigenvalue weighted by molar-refractivity contribution is 0.0693. The summed E-state index contributed by atoms with van der Waals surface area (Å²) < 4.78 is 28.6. The van der Waals surface area contributed by atoms with Crippen molar-refractivity contribution in [2.45, 2.75) is 19.8 Å². The van der Waals surface area contributed by atoms with E-state index in [1.54, 1.807) is 6.92 Å². The zero-order chi connectivity index (χ0) is 12.1. The molecule has 0 unspecified atom stereocenters. The van der Waals surface area contributed by atoms with Crippen LogP contribution in [0.15, 0.2) is 12.3 Å². The lowest BCUT2D eigenvalue weighted by atomic mass is 10.1. The maximum atomic E-state index is 11.9. The fourth-order valence-corrected chi connectivity index (χ4v) is 1.14. The molecule has 88 valence electrons. The molecule has 0 aliphatic heterocycles. The molecule has 0 aliphatic carbocycles. The Bertz CT molecular complexity index is 382. The molecule has 0 spiro atoms. The summed E-state index contributed by atoms with van der Waals surface area (Å²) in [5.41, 5.74) is 0.516. The molecule has 4 nitrogen and oxygen atoms in total. The van der Waals surface area contributed by atoms with Gasteiger partial charge in [-0.2, -0.15) is 0 Å². The first-order valence-electron chi connectivity index (χ1n) is 4.67. The first-order chi connectivity index (χ1) is 7.54. The third kappa shape index (κ3) is 3.15. The van der Waals surface area contributed by atoms with Gasteiger partial charge >= 0.3 is 5.97 Å². The van der Waals surface area contributed by atoms with Crippen molar-refractivity contribution < 1.29 is 23.4 Å². The van der Waals surface area contributed by atoms with Crippen LogP contribution in [0.1, 0.15) is 22.8 Å². The number of halogens is 2. The molecule has 6 heteroatoms. The van der Waals surface area contributed by atoms with Crippen LogP contribution in [0.5, 0.6) is 5.88 Å². The van der Waals surface area contributed by atoms with Crippen molar-refractivity contribution in [2.75, 3.05) is 6.61 Å². The first kappa shape index (κ1) is 12.4. The average molecular weight is 231 g/mol. The van der Waals surface area contributed by atoms with Crippen molar-refractivity contribution in [1.29, 1.82) is 0 Å². The highest BCUT2D eigenvalue weighted by Crippen LogP contribution is 2.18. The molecule has 0 aliphatic rings. The van der Waals surface area contributed by atoms with E-state index in [2.05, 4.69) is 4.98 Å². The normalized spacial score (nSPS) is 10.5. The SMILES string of the molecule is CCc1cc(C(=O)O)cnc1OCC(F)F. The number of carboxylic acids is 1. The summed E-state index contributed by atoms with van der Waals surface area (Å²) in [4.78, 5) is 14.4. The summed E-state index contributed by atoms with van der Waals surface area (Å²) in [5.74, 6) is -1.05. The number of pyridine rings is 1. The van der Waals surface area contributed by atoms with Crippen molar-refractivity contribution in [3.05, 3.63) is 23.4 Å². The topological polar surface area (TPSA) is 59.4 Å². The largest absolute Gasteiger partial charge is 0.478 e. The third-order valence-corrected chi connectivity index (χ3v) is 1.90. The summed E-state index contributed by atoms with van der Waals surface area (Å²) in [6.07, 6.45) is -1.03. The number of aromatic nitrogens is 1. The molecule has 0 radical (unpaired) electrons. The minimum atomic E-state index is -2.58. The second-order valence-electron chi connectivity index (χ2n) is 3.05. The van der Waals surface area contributed by atoms with E-state index in [1.807, 2.05) is 0 Å². The first-order valence-corrected chi connectivity index (χ1v) is 4.67. The van der Waals surface area contributed by atoms with E-state index in [0.717, 1.165) is 6.20 Å². The van der Waals surface area contributed by atoms with Gasteiger partial charge in [-0.05, 0) is 12.5 Å². The number of carbonyl (C=O) groups is 1. The lowest BCUT2D eigenvalue weighted by Gasteiger charge is -2.09. The van der Waals surface area contributed by atoms with Gasteiger partial charge < -0.3 is 9.84 Å². The number of aromatic carboxylic acids is 1. The van der Waals surface area contributed by atoms with Crippen molar-refractivity contribution in [2.24, 2.45) is 0 Å². The Morgan fingerprint density at radius 1 is 1.62 bits per heavy atom. The van der Waals surface area contributed by atoms with Crippen LogP contribution in [0.3, 0.4) is 0 Å². The van der Waals surface area contributed by atoms with Crippen LogP contribution >= 0.6 is 0 Å². The molecule has 0 amide bonds. The molecule has 1 rings (SSSR count). The fraction of sp³-hybridized carbons (Fsp3) is 0.400. The summed E-state index contributed by atoms with van der Waals surface area (Å²) >= 11 is 0. The van der Waals surface area contributed by atoms with Crippen LogP contribution in [-0.2, 0) is 6.42 Å². The standard InChI is InChI=1S/C10H11F2NO3/c1-2-6-3-7(10(14)15)4-13-9(6)16-5-8(11)12/h3-4,8H,2,5H2,1H3,(H,14,15). The van der Waals surface area contributed by atoms with E-state index in [-0.39, 0.29) is 11.4 Å². The number of hydrogen-bond donors (Lipinski definition) is 1. The number of ether oxygens (including phenoxy) is 1. The zero-order valence-corrected chi connectivity index (χ0v) is 8.61. The van der Waals surface area contributed by atoms with E-state index >= 15 is 0 Å². The monoisotopic (exact) mass is 231 g/mol. The minimum absolute atomic E-state index is 0.0150. The third-order valence-electron chi connectivity index (χ3n) is 1.90. The fourth-order valence-electron chi connectivity index (χ4n) is 1.14. The Kier molecular flexibility index (Phi) is 4.16. The van der Waals surface area contributed by atoms with Gasteiger partial charge in [0.25, 0.3) is 6.43 Å². The summed E-state index contributed by atoms with van der Waals surface area (Å²) in [5, 5.41) is 8.71. The van der Waals surface area contributed by atoms with Crippen LogP contribution in [-0.4, -0.2) is 29.1 Å². The van der Waals surface area contributed by atoms with Crippen molar-refractivity contribution in [3.8, 4) is 5.88 Å². The Balaban J connectivity index is 2.89. The molecule has 0 saturated heterocycles. The van der Waals surface area contributed by atoms with Crippen molar-refractivity contribution in [3.63, 3.8) is 0 Å². The van der Waals surface area contributed by atoms with E-state index in [9.17, 15) is 13.6 Å². The number of nitrogens with zero attached hydrogens (tertiary/aromatic N) is 1. The molecular formula is C10H11F2NO3. The number of alkyl halides is 2. The van der Waals surface area contributed by atoms with E-state index in [4.69, 9.17) is 9.84 Å². The molecule has 1 heterocycles. The summed E-state index contributed by atoms with van der Waals surface area (Å²) in [7, 11) is 0. The molecule has 0 saturated carbocycles. The van der Waals surface area contributed by atoms with Gasteiger partial charge in [-0.15, -0.1) is 0 Å². The molecule has 16 heavy (non-hydrogen) atoms. The molecule has 1 aromatic rings. The number of aryl methyl sites for hydroxylation is 1. The highest BCUT2D eigenvalue weighted by atomic mass is 19.3. The maximum absolute atomic E-state index is 11.9. The van der Waals surface area contributed by atoms with E-state index in [0.29, 0.717) is 12.0 Å². The number of hydrogen-bond acceptors (Lipinski definition) is 3. The van der Waals surface area contributed by atoms with Gasteiger partial charge in [0.2, 0.25) is 5.88 Å². The van der Waals surface area contributed by atoms with E-state index < -0.39 is 19.0 Å². The lowest BCUT2D eigenvalue weighted by Crippen LogP contribution is -2.10. The molecule has 1 aromatic heterocycles.